The minimum atomic E-state index is -1.95. The first kappa shape index (κ1) is 14.0. The van der Waals surface area contributed by atoms with Gasteiger partial charge in [0.2, 0.25) is 0 Å². The van der Waals surface area contributed by atoms with E-state index in [9.17, 15) is 9.59 Å². The fourth-order valence-electron chi connectivity index (χ4n) is 2.64. The Morgan fingerprint density at radius 3 is 2.26 bits per heavy atom. The van der Waals surface area contributed by atoms with E-state index in [0.717, 1.165) is 0 Å². The van der Waals surface area contributed by atoms with Crippen LogP contribution in [0.25, 0.3) is 0 Å². The quantitative estimate of drug-likeness (QED) is 0.442. The van der Waals surface area contributed by atoms with Crippen molar-refractivity contribution in [2.24, 2.45) is 0 Å². The molecule has 0 aliphatic carbocycles. The first-order chi connectivity index (χ1) is 8.78. The van der Waals surface area contributed by atoms with Crippen LogP contribution >= 0.6 is 0 Å². The third kappa shape index (κ3) is 1.78. The molecule has 0 radical (unpaired) electrons. The fraction of sp³-hybridized carbons (Fsp3) is 0.538. The van der Waals surface area contributed by atoms with Crippen LogP contribution in [-0.2, 0) is 23.8 Å². The van der Waals surface area contributed by atoms with Crippen molar-refractivity contribution in [3.8, 4) is 0 Å². The van der Waals surface area contributed by atoms with Gasteiger partial charge in [0.1, 0.15) is 11.3 Å². The highest BCUT2D eigenvalue weighted by molar-refractivity contribution is 6.81. The predicted molar refractivity (Wildman–Crippen MR) is 71.1 cm³/mol. The minimum Gasteiger partial charge on any atom is -0.466 e. The number of carbonyl (C=O) groups excluding carboxylic acids is 2. The molecule has 2 aliphatic heterocycles. The van der Waals surface area contributed by atoms with Crippen LogP contribution in [0.5, 0.6) is 0 Å². The maximum Gasteiger partial charge on any atom is 0.337 e. The van der Waals surface area contributed by atoms with Gasteiger partial charge in [0.15, 0.2) is 0 Å². The lowest BCUT2D eigenvalue weighted by Crippen LogP contribution is -2.53. The SMILES string of the molecule is COC(=O)C1=C(C(=O)OC)[C@@]2([Si](C)(C)C)C=C[C@@H]1O2. The molecule has 0 aromatic rings. The van der Waals surface area contributed by atoms with Gasteiger partial charge in [-0.1, -0.05) is 31.8 Å². The van der Waals surface area contributed by atoms with Crippen LogP contribution in [0.15, 0.2) is 23.3 Å². The second kappa shape index (κ2) is 4.31. The molecule has 2 bridgehead atoms. The Labute approximate surface area is 113 Å². The van der Waals surface area contributed by atoms with E-state index >= 15 is 0 Å². The van der Waals surface area contributed by atoms with Gasteiger partial charge in [-0.15, -0.1) is 0 Å². The smallest absolute Gasteiger partial charge is 0.337 e. The highest BCUT2D eigenvalue weighted by Gasteiger charge is 2.60. The molecular weight excluding hydrogens is 264 g/mol. The zero-order chi connectivity index (χ0) is 14.4. The Hall–Kier alpha value is -1.40. The van der Waals surface area contributed by atoms with Crippen molar-refractivity contribution < 1.29 is 23.8 Å². The maximum absolute atomic E-state index is 12.1. The summed E-state index contributed by atoms with van der Waals surface area (Å²) in [6.07, 6.45) is 3.20. The van der Waals surface area contributed by atoms with E-state index in [4.69, 9.17) is 14.2 Å². The summed E-state index contributed by atoms with van der Waals surface area (Å²) in [5.74, 6) is -1.05. The number of fused-ring (bicyclic) bond motifs is 2. The molecule has 0 unspecified atom stereocenters. The van der Waals surface area contributed by atoms with E-state index in [1.165, 1.54) is 14.2 Å². The summed E-state index contributed by atoms with van der Waals surface area (Å²) in [5, 5.41) is -0.797. The van der Waals surface area contributed by atoms with Gasteiger partial charge in [0.25, 0.3) is 0 Å². The molecule has 0 aromatic carbocycles. The van der Waals surface area contributed by atoms with Crippen molar-refractivity contribution in [3.05, 3.63) is 23.3 Å². The molecular formula is C13H18O5Si. The van der Waals surface area contributed by atoms with Crippen LogP contribution in [0, 0.1) is 0 Å². The van der Waals surface area contributed by atoms with Crippen LogP contribution in [0.3, 0.4) is 0 Å². The van der Waals surface area contributed by atoms with E-state index in [1.807, 2.05) is 12.2 Å². The van der Waals surface area contributed by atoms with E-state index in [0.29, 0.717) is 5.57 Å². The average Bonchev–Trinajstić information content (AvgIpc) is 2.93. The number of esters is 2. The second-order valence-electron chi connectivity index (χ2n) is 5.66. The minimum absolute atomic E-state index is 0.277. The zero-order valence-electron chi connectivity index (χ0n) is 11.8. The zero-order valence-corrected chi connectivity index (χ0v) is 12.8. The molecule has 6 heteroatoms. The standard InChI is InChI=1S/C13H18O5Si/c1-16-11(14)9-8-6-7-13(18-8,19(3,4)5)10(9)12(15)17-2/h6-8H,1-5H3/t8-,13-/m0/s1. The molecule has 2 atom stereocenters. The van der Waals surface area contributed by atoms with Crippen molar-refractivity contribution in [2.45, 2.75) is 31.0 Å². The third-order valence-corrected chi connectivity index (χ3v) is 6.42. The number of carbonyl (C=O) groups is 2. The average molecular weight is 282 g/mol. The Bertz CT molecular complexity index is 500. The number of methoxy groups -OCH3 is 2. The largest absolute Gasteiger partial charge is 0.466 e. The van der Waals surface area contributed by atoms with E-state index in [1.54, 1.807) is 0 Å². The van der Waals surface area contributed by atoms with Crippen molar-refractivity contribution in [3.63, 3.8) is 0 Å². The normalized spacial score (nSPS) is 28.8. The number of rotatable bonds is 3. The molecule has 2 rings (SSSR count). The first-order valence-corrected chi connectivity index (χ1v) is 9.57. The Morgan fingerprint density at radius 2 is 1.79 bits per heavy atom. The molecule has 0 spiro atoms. The number of hydrogen-bond donors (Lipinski definition) is 0. The van der Waals surface area contributed by atoms with Crippen LogP contribution in [0.2, 0.25) is 19.6 Å². The highest BCUT2D eigenvalue weighted by Crippen LogP contribution is 2.48. The number of ether oxygens (including phenoxy) is 3. The molecule has 19 heavy (non-hydrogen) atoms. The summed E-state index contributed by atoms with van der Waals surface area (Å²) < 4.78 is 15.6. The third-order valence-electron chi connectivity index (χ3n) is 3.65. The molecule has 0 fully saturated rings. The summed E-state index contributed by atoms with van der Waals surface area (Å²) in [6.45, 7) is 6.26. The van der Waals surface area contributed by atoms with Gasteiger partial charge in [-0.25, -0.2) is 9.59 Å². The summed E-state index contributed by atoms with van der Waals surface area (Å²) in [7, 11) is 0.645. The maximum atomic E-state index is 12.1. The van der Waals surface area contributed by atoms with Gasteiger partial charge in [-0.2, -0.15) is 0 Å². The van der Waals surface area contributed by atoms with Crippen molar-refractivity contribution in [2.75, 3.05) is 14.2 Å². The first-order valence-electron chi connectivity index (χ1n) is 6.07. The summed E-state index contributed by atoms with van der Waals surface area (Å²) in [6, 6.07) is 0. The highest BCUT2D eigenvalue weighted by atomic mass is 28.3. The molecule has 5 nitrogen and oxygen atoms in total. The predicted octanol–water partition coefficient (Wildman–Crippen LogP) is 1.21. The molecule has 0 saturated heterocycles. The Kier molecular flexibility index (Phi) is 3.18. The lowest BCUT2D eigenvalue weighted by molar-refractivity contribution is -0.139. The molecule has 2 aliphatic rings. The molecule has 0 N–H and O–H groups in total. The second-order valence-corrected chi connectivity index (χ2v) is 10.9. The van der Waals surface area contributed by atoms with Gasteiger partial charge in [-0.3, -0.25) is 0 Å². The van der Waals surface area contributed by atoms with Crippen LogP contribution in [0.4, 0.5) is 0 Å². The Balaban J connectivity index is 2.64. The van der Waals surface area contributed by atoms with E-state index in [2.05, 4.69) is 19.6 Å². The van der Waals surface area contributed by atoms with Gasteiger partial charge >= 0.3 is 11.9 Å². The summed E-state index contributed by atoms with van der Waals surface area (Å²) >= 11 is 0. The van der Waals surface area contributed by atoms with Gasteiger partial charge in [-0.05, 0) is 0 Å². The molecule has 0 aromatic heterocycles. The van der Waals surface area contributed by atoms with E-state index in [-0.39, 0.29) is 5.57 Å². The molecule has 0 amide bonds. The van der Waals surface area contributed by atoms with Crippen LogP contribution in [0.1, 0.15) is 0 Å². The van der Waals surface area contributed by atoms with E-state index < -0.39 is 31.3 Å². The topological polar surface area (TPSA) is 61.8 Å². The Morgan fingerprint density at radius 1 is 1.21 bits per heavy atom. The lowest BCUT2D eigenvalue weighted by atomic mass is 9.96. The molecule has 2 heterocycles. The monoisotopic (exact) mass is 282 g/mol. The lowest BCUT2D eigenvalue weighted by Gasteiger charge is -2.36. The van der Waals surface area contributed by atoms with Crippen molar-refractivity contribution >= 4 is 20.0 Å². The van der Waals surface area contributed by atoms with Crippen molar-refractivity contribution in [1.29, 1.82) is 0 Å². The van der Waals surface area contributed by atoms with Gasteiger partial charge in [0.05, 0.1) is 33.4 Å². The number of hydrogen-bond acceptors (Lipinski definition) is 5. The van der Waals surface area contributed by atoms with Gasteiger partial charge < -0.3 is 14.2 Å². The summed E-state index contributed by atoms with van der Waals surface area (Å²) in [5.41, 5.74) is 0.591. The summed E-state index contributed by atoms with van der Waals surface area (Å²) in [4.78, 5) is 24.0. The van der Waals surface area contributed by atoms with Crippen LogP contribution in [-0.4, -0.2) is 45.6 Å². The van der Waals surface area contributed by atoms with Gasteiger partial charge in [0, 0.05) is 0 Å². The molecule has 104 valence electrons. The fourth-order valence-corrected chi connectivity index (χ4v) is 4.70. The van der Waals surface area contributed by atoms with Crippen LogP contribution < -0.4 is 0 Å². The van der Waals surface area contributed by atoms with Crippen molar-refractivity contribution in [1.82, 2.24) is 0 Å². The molecule has 0 saturated carbocycles.